The van der Waals surface area contributed by atoms with E-state index in [-0.39, 0.29) is 24.0 Å². The van der Waals surface area contributed by atoms with E-state index < -0.39 is 0 Å². The van der Waals surface area contributed by atoms with E-state index in [9.17, 15) is 9.59 Å². The summed E-state index contributed by atoms with van der Waals surface area (Å²) in [7, 11) is 0. The molecule has 6 nitrogen and oxygen atoms in total. The van der Waals surface area contributed by atoms with Gasteiger partial charge in [-0.3, -0.25) is 14.2 Å². The van der Waals surface area contributed by atoms with Crippen LogP contribution in [0, 0.1) is 13.8 Å². The Morgan fingerprint density at radius 2 is 1.55 bits per heavy atom. The van der Waals surface area contributed by atoms with Crippen LogP contribution in [0.2, 0.25) is 0 Å². The maximum atomic E-state index is 12.6. The predicted molar refractivity (Wildman–Crippen MR) is 130 cm³/mol. The van der Waals surface area contributed by atoms with E-state index in [1.54, 1.807) is 18.2 Å². The minimum Gasteiger partial charge on any atom is -0.345 e. The normalized spacial score (nSPS) is 10.7. The lowest BCUT2D eigenvalue weighted by Crippen LogP contribution is -2.24. The summed E-state index contributed by atoms with van der Waals surface area (Å²) >= 11 is 1.33. The minimum atomic E-state index is -0.175. The Hall–Kier alpha value is -3.71. The summed E-state index contributed by atoms with van der Waals surface area (Å²) < 4.78 is 1.90. The predicted octanol–water partition coefficient (Wildman–Crippen LogP) is 4.79. The molecule has 1 aromatic heterocycles. The number of ketones is 1. The third-order valence-corrected chi connectivity index (χ3v) is 6.00. The Morgan fingerprint density at radius 1 is 0.848 bits per heavy atom. The van der Waals surface area contributed by atoms with Gasteiger partial charge in [-0.1, -0.05) is 71.9 Å². The summed E-state index contributed by atoms with van der Waals surface area (Å²) in [5, 5.41) is 12.2. The standard InChI is InChI=1S/C26H24N4O2S/c1-18-8-6-12-21(14-18)25(32)27-16-24-28-29-26(30(24)22-13-7-9-19(2)15-22)33-17-23(31)20-10-4-3-5-11-20/h3-15H,16-17H2,1-2H3,(H,27,32). The zero-order chi connectivity index (χ0) is 23.2. The fraction of sp³-hybridized carbons (Fsp3) is 0.154. The second-order valence-electron chi connectivity index (χ2n) is 7.70. The molecule has 33 heavy (non-hydrogen) atoms. The average Bonchev–Trinajstić information content (AvgIpc) is 3.24. The topological polar surface area (TPSA) is 76.9 Å². The molecule has 4 rings (SSSR count). The number of amides is 1. The number of aryl methyl sites for hydroxylation is 2. The van der Waals surface area contributed by atoms with Crippen LogP contribution in [0.1, 0.15) is 37.7 Å². The van der Waals surface area contributed by atoms with Crippen LogP contribution in [0.15, 0.2) is 84.0 Å². The van der Waals surface area contributed by atoms with Crippen LogP contribution in [0.3, 0.4) is 0 Å². The number of nitrogens with one attached hydrogen (secondary N) is 1. The third kappa shape index (κ3) is 5.56. The molecule has 7 heteroatoms. The summed E-state index contributed by atoms with van der Waals surface area (Å²) in [6, 6.07) is 24.6. The largest absolute Gasteiger partial charge is 0.345 e. The molecule has 1 amide bonds. The van der Waals surface area contributed by atoms with Gasteiger partial charge in [0.25, 0.3) is 5.91 Å². The summed E-state index contributed by atoms with van der Waals surface area (Å²) in [6.07, 6.45) is 0. The van der Waals surface area contributed by atoms with Gasteiger partial charge in [0.1, 0.15) is 0 Å². The van der Waals surface area contributed by atoms with Gasteiger partial charge in [0.05, 0.1) is 12.3 Å². The van der Waals surface area contributed by atoms with Crippen molar-refractivity contribution in [3.63, 3.8) is 0 Å². The second-order valence-corrected chi connectivity index (χ2v) is 8.65. The molecule has 0 radical (unpaired) electrons. The van der Waals surface area contributed by atoms with Crippen LogP contribution >= 0.6 is 11.8 Å². The molecule has 0 aliphatic carbocycles. The van der Waals surface area contributed by atoms with Crippen molar-refractivity contribution < 1.29 is 9.59 Å². The van der Waals surface area contributed by atoms with Gasteiger partial charge in [-0.05, 0) is 43.7 Å². The first-order chi connectivity index (χ1) is 16.0. The summed E-state index contributed by atoms with van der Waals surface area (Å²) in [5.74, 6) is 0.680. The first-order valence-electron chi connectivity index (χ1n) is 10.6. The SMILES string of the molecule is Cc1cccc(C(=O)NCc2nnc(SCC(=O)c3ccccc3)n2-c2cccc(C)c2)c1. The van der Waals surface area contributed by atoms with Gasteiger partial charge in [-0.2, -0.15) is 0 Å². The lowest BCUT2D eigenvalue weighted by atomic mass is 10.1. The molecule has 1 heterocycles. The summed E-state index contributed by atoms with van der Waals surface area (Å²) in [5.41, 5.74) is 4.26. The van der Waals surface area contributed by atoms with Crippen LogP contribution in [0.5, 0.6) is 0 Å². The van der Waals surface area contributed by atoms with Gasteiger partial charge in [-0.15, -0.1) is 10.2 Å². The van der Waals surface area contributed by atoms with Crippen molar-refractivity contribution in [1.29, 1.82) is 0 Å². The average molecular weight is 457 g/mol. The molecular weight excluding hydrogens is 432 g/mol. The Balaban J connectivity index is 1.56. The molecule has 0 atom stereocenters. The van der Waals surface area contributed by atoms with E-state index in [0.29, 0.717) is 22.1 Å². The molecule has 0 spiro atoms. The number of benzene rings is 3. The van der Waals surface area contributed by atoms with E-state index in [1.807, 2.05) is 79.1 Å². The number of carbonyl (C=O) groups excluding carboxylic acids is 2. The molecular formula is C26H24N4O2S. The number of hydrogen-bond acceptors (Lipinski definition) is 5. The Morgan fingerprint density at radius 3 is 2.27 bits per heavy atom. The molecule has 4 aromatic rings. The van der Waals surface area contributed by atoms with E-state index in [2.05, 4.69) is 15.5 Å². The highest BCUT2D eigenvalue weighted by Gasteiger charge is 2.17. The number of thioether (sulfide) groups is 1. The number of rotatable bonds is 8. The van der Waals surface area contributed by atoms with Crippen LogP contribution < -0.4 is 5.32 Å². The van der Waals surface area contributed by atoms with Gasteiger partial charge in [0, 0.05) is 16.8 Å². The van der Waals surface area contributed by atoms with Crippen molar-refractivity contribution in [2.75, 3.05) is 5.75 Å². The van der Waals surface area contributed by atoms with E-state index in [0.717, 1.165) is 16.8 Å². The first kappa shape index (κ1) is 22.5. The number of carbonyl (C=O) groups is 2. The van der Waals surface area contributed by atoms with E-state index in [4.69, 9.17) is 0 Å². The number of Topliss-reactive ketones (excluding diaryl/α,β-unsaturated/α-hetero) is 1. The quantitative estimate of drug-likeness (QED) is 0.305. The Kier molecular flexibility index (Phi) is 7.00. The lowest BCUT2D eigenvalue weighted by Gasteiger charge is -2.12. The molecule has 0 saturated heterocycles. The molecule has 0 saturated carbocycles. The Labute approximate surface area is 197 Å². The second kappa shape index (κ2) is 10.3. The van der Waals surface area contributed by atoms with Gasteiger partial charge in [0.2, 0.25) is 0 Å². The molecule has 0 fully saturated rings. The molecule has 0 unspecified atom stereocenters. The number of hydrogen-bond donors (Lipinski definition) is 1. The molecule has 1 N–H and O–H groups in total. The van der Waals surface area contributed by atoms with Crippen molar-refractivity contribution in [2.24, 2.45) is 0 Å². The van der Waals surface area contributed by atoms with Gasteiger partial charge >= 0.3 is 0 Å². The summed E-state index contributed by atoms with van der Waals surface area (Å²) in [4.78, 5) is 25.2. The minimum absolute atomic E-state index is 0.0219. The van der Waals surface area contributed by atoms with Crippen molar-refractivity contribution in [3.8, 4) is 5.69 Å². The Bertz CT molecular complexity index is 1280. The van der Waals surface area contributed by atoms with Gasteiger partial charge in [-0.25, -0.2) is 0 Å². The van der Waals surface area contributed by atoms with Crippen molar-refractivity contribution in [2.45, 2.75) is 25.5 Å². The molecule has 3 aromatic carbocycles. The zero-order valence-electron chi connectivity index (χ0n) is 18.5. The van der Waals surface area contributed by atoms with Crippen LogP contribution in [-0.4, -0.2) is 32.2 Å². The van der Waals surface area contributed by atoms with Crippen molar-refractivity contribution >= 4 is 23.5 Å². The highest BCUT2D eigenvalue weighted by Crippen LogP contribution is 2.24. The zero-order valence-corrected chi connectivity index (χ0v) is 19.3. The first-order valence-corrected chi connectivity index (χ1v) is 11.6. The van der Waals surface area contributed by atoms with Crippen LogP contribution in [0.25, 0.3) is 5.69 Å². The molecule has 0 aliphatic heterocycles. The van der Waals surface area contributed by atoms with Crippen molar-refractivity contribution in [3.05, 3.63) is 107 Å². The molecule has 0 aliphatic rings. The number of aromatic nitrogens is 3. The van der Waals surface area contributed by atoms with Crippen molar-refractivity contribution in [1.82, 2.24) is 20.1 Å². The fourth-order valence-electron chi connectivity index (χ4n) is 3.42. The third-order valence-electron chi connectivity index (χ3n) is 5.08. The van der Waals surface area contributed by atoms with Gasteiger partial charge < -0.3 is 5.32 Å². The fourth-order valence-corrected chi connectivity index (χ4v) is 4.29. The van der Waals surface area contributed by atoms with Gasteiger partial charge in [0.15, 0.2) is 16.8 Å². The molecule has 0 bridgehead atoms. The molecule has 166 valence electrons. The van der Waals surface area contributed by atoms with Crippen LogP contribution in [0.4, 0.5) is 0 Å². The maximum Gasteiger partial charge on any atom is 0.251 e. The number of nitrogens with zero attached hydrogens (tertiary/aromatic N) is 3. The maximum absolute atomic E-state index is 12.6. The monoisotopic (exact) mass is 456 g/mol. The highest BCUT2D eigenvalue weighted by molar-refractivity contribution is 7.99. The van der Waals surface area contributed by atoms with Crippen LogP contribution in [-0.2, 0) is 6.54 Å². The highest BCUT2D eigenvalue weighted by atomic mass is 32.2. The summed E-state index contributed by atoms with van der Waals surface area (Å²) in [6.45, 7) is 4.17. The lowest BCUT2D eigenvalue weighted by molar-refractivity contribution is 0.0948. The van der Waals surface area contributed by atoms with E-state index >= 15 is 0 Å². The van der Waals surface area contributed by atoms with E-state index in [1.165, 1.54) is 11.8 Å². The smallest absolute Gasteiger partial charge is 0.251 e.